The molecule has 3 rings (SSSR count). The number of aromatic nitrogens is 2. The molecule has 1 N–H and O–H groups in total. The number of nitrogens with zero attached hydrogens (tertiary/aromatic N) is 2. The number of fused-ring (bicyclic) bond motifs is 1. The van der Waals surface area contributed by atoms with Gasteiger partial charge in [0.25, 0.3) is 5.91 Å². The number of para-hydroxylation sites is 2. The van der Waals surface area contributed by atoms with Gasteiger partial charge >= 0.3 is 0 Å². The molecule has 0 fully saturated rings. The highest BCUT2D eigenvalue weighted by atomic mass is 32.1. The van der Waals surface area contributed by atoms with E-state index in [2.05, 4.69) is 14.9 Å². The topological polar surface area (TPSA) is 73.3 Å². The smallest absolute Gasteiger partial charge is 0.264 e. The average Bonchev–Trinajstić information content (AvgIpc) is 2.99. The van der Waals surface area contributed by atoms with Crippen molar-refractivity contribution in [3.8, 4) is 11.5 Å². The molecule has 2 heterocycles. The third-order valence-corrected chi connectivity index (χ3v) is 3.31. The first-order valence-corrected chi connectivity index (χ1v) is 6.54. The van der Waals surface area contributed by atoms with Crippen LogP contribution in [-0.2, 0) is 0 Å². The van der Waals surface area contributed by atoms with Crippen LogP contribution < -0.4 is 14.8 Å². The molecule has 0 saturated carbocycles. The normalized spacial score (nSPS) is 16.9. The van der Waals surface area contributed by atoms with Gasteiger partial charge in [0.2, 0.25) is 0 Å². The predicted molar refractivity (Wildman–Crippen MR) is 68.6 cm³/mol. The maximum absolute atomic E-state index is 11.7. The molecule has 1 atom stereocenters. The summed E-state index contributed by atoms with van der Waals surface area (Å²) in [6.07, 6.45) is 1.24. The van der Waals surface area contributed by atoms with Gasteiger partial charge in [-0.3, -0.25) is 4.79 Å². The van der Waals surface area contributed by atoms with Crippen molar-refractivity contribution in [1.29, 1.82) is 0 Å². The van der Waals surface area contributed by atoms with E-state index in [1.54, 1.807) is 0 Å². The van der Waals surface area contributed by atoms with Crippen LogP contribution in [0.15, 0.2) is 30.5 Å². The number of hydrogen-bond acceptors (Lipinski definition) is 6. The molecular formula is C12H11N3O3S. The summed E-state index contributed by atoms with van der Waals surface area (Å²) in [6, 6.07) is 7.47. The SMILES string of the molecule is O=C(NCC1COc2ccccc2O1)c1cnns1. The Morgan fingerprint density at radius 2 is 2.26 bits per heavy atom. The summed E-state index contributed by atoms with van der Waals surface area (Å²) in [5, 5.41) is 6.39. The minimum Gasteiger partial charge on any atom is -0.486 e. The summed E-state index contributed by atoms with van der Waals surface area (Å²) in [6.45, 7) is 0.795. The third kappa shape index (κ3) is 2.65. The maximum atomic E-state index is 11.7. The third-order valence-electron chi connectivity index (χ3n) is 2.64. The first-order valence-electron chi connectivity index (χ1n) is 5.77. The lowest BCUT2D eigenvalue weighted by Crippen LogP contribution is -2.40. The number of carbonyl (C=O) groups is 1. The summed E-state index contributed by atoms with van der Waals surface area (Å²) >= 11 is 1.06. The van der Waals surface area contributed by atoms with Crippen LogP contribution in [0.5, 0.6) is 11.5 Å². The van der Waals surface area contributed by atoms with Gasteiger partial charge in [-0.25, -0.2) is 0 Å². The Balaban J connectivity index is 1.57. The van der Waals surface area contributed by atoms with Gasteiger partial charge in [-0.05, 0) is 23.7 Å². The minimum absolute atomic E-state index is 0.195. The Bertz CT molecular complexity index is 573. The van der Waals surface area contributed by atoms with Crippen LogP contribution in [0.2, 0.25) is 0 Å². The Morgan fingerprint density at radius 3 is 3.05 bits per heavy atom. The van der Waals surface area contributed by atoms with Gasteiger partial charge in [0.05, 0.1) is 12.7 Å². The van der Waals surface area contributed by atoms with E-state index in [9.17, 15) is 4.79 Å². The fourth-order valence-corrected chi connectivity index (χ4v) is 2.16. The molecule has 98 valence electrons. The predicted octanol–water partition coefficient (Wildman–Crippen LogP) is 1.11. The average molecular weight is 277 g/mol. The molecule has 1 aliphatic heterocycles. The van der Waals surface area contributed by atoms with E-state index in [0.717, 1.165) is 17.3 Å². The zero-order chi connectivity index (χ0) is 13.1. The fraction of sp³-hybridized carbons (Fsp3) is 0.250. The van der Waals surface area contributed by atoms with Crippen LogP contribution >= 0.6 is 11.5 Å². The van der Waals surface area contributed by atoms with E-state index in [-0.39, 0.29) is 12.0 Å². The van der Waals surface area contributed by atoms with Gasteiger partial charge in [0.1, 0.15) is 17.6 Å². The van der Waals surface area contributed by atoms with E-state index in [1.165, 1.54) is 6.20 Å². The number of hydrogen-bond donors (Lipinski definition) is 1. The number of benzene rings is 1. The first kappa shape index (κ1) is 11.9. The lowest BCUT2D eigenvalue weighted by atomic mass is 10.2. The van der Waals surface area contributed by atoms with Crippen molar-refractivity contribution < 1.29 is 14.3 Å². The van der Waals surface area contributed by atoms with E-state index >= 15 is 0 Å². The van der Waals surface area contributed by atoms with Crippen LogP contribution in [0.25, 0.3) is 0 Å². The molecule has 0 saturated heterocycles. The summed E-state index contributed by atoms with van der Waals surface area (Å²) in [7, 11) is 0. The van der Waals surface area contributed by atoms with Crippen LogP contribution in [0.3, 0.4) is 0 Å². The second-order valence-electron chi connectivity index (χ2n) is 3.99. The van der Waals surface area contributed by atoms with Crippen LogP contribution in [0.1, 0.15) is 9.67 Å². The van der Waals surface area contributed by atoms with E-state index in [1.807, 2.05) is 24.3 Å². The Morgan fingerprint density at radius 1 is 1.42 bits per heavy atom. The Hall–Kier alpha value is -2.15. The number of nitrogens with one attached hydrogen (secondary N) is 1. The largest absolute Gasteiger partial charge is 0.486 e. The summed E-state index contributed by atoms with van der Waals surface area (Å²) in [5.41, 5.74) is 0. The zero-order valence-corrected chi connectivity index (χ0v) is 10.7. The van der Waals surface area contributed by atoms with Crippen molar-refractivity contribution >= 4 is 17.4 Å². The van der Waals surface area contributed by atoms with Gasteiger partial charge < -0.3 is 14.8 Å². The molecule has 6 nitrogen and oxygen atoms in total. The van der Waals surface area contributed by atoms with Crippen molar-refractivity contribution in [3.05, 3.63) is 35.3 Å². The van der Waals surface area contributed by atoms with Crippen molar-refractivity contribution in [3.63, 3.8) is 0 Å². The van der Waals surface area contributed by atoms with Crippen molar-refractivity contribution in [2.24, 2.45) is 0 Å². The molecule has 19 heavy (non-hydrogen) atoms. The number of ether oxygens (including phenoxy) is 2. The maximum Gasteiger partial charge on any atom is 0.264 e. The Labute approximate surface area is 113 Å². The Kier molecular flexibility index (Phi) is 3.28. The summed E-state index contributed by atoms with van der Waals surface area (Å²) in [4.78, 5) is 12.2. The molecular weight excluding hydrogens is 266 g/mol. The van der Waals surface area contributed by atoms with Gasteiger partial charge in [-0.1, -0.05) is 16.6 Å². The highest BCUT2D eigenvalue weighted by molar-refractivity contribution is 7.07. The van der Waals surface area contributed by atoms with Gasteiger partial charge in [0, 0.05) is 0 Å². The molecule has 1 aromatic heterocycles. The van der Waals surface area contributed by atoms with Gasteiger partial charge in [-0.2, -0.15) is 0 Å². The highest BCUT2D eigenvalue weighted by Crippen LogP contribution is 2.30. The molecule has 2 aromatic rings. The molecule has 1 aromatic carbocycles. The van der Waals surface area contributed by atoms with Crippen molar-refractivity contribution in [2.75, 3.05) is 13.2 Å². The molecule has 0 aliphatic carbocycles. The van der Waals surface area contributed by atoms with Gasteiger partial charge in [0.15, 0.2) is 11.5 Å². The summed E-state index contributed by atoms with van der Waals surface area (Å²) < 4.78 is 14.9. The monoisotopic (exact) mass is 277 g/mol. The second-order valence-corrected chi connectivity index (χ2v) is 4.78. The molecule has 1 aliphatic rings. The van der Waals surface area contributed by atoms with Crippen molar-refractivity contribution in [1.82, 2.24) is 14.9 Å². The number of amides is 1. The highest BCUT2D eigenvalue weighted by Gasteiger charge is 2.21. The lowest BCUT2D eigenvalue weighted by Gasteiger charge is -2.26. The lowest BCUT2D eigenvalue weighted by molar-refractivity contribution is 0.0791. The minimum atomic E-state index is -0.197. The van der Waals surface area contributed by atoms with Crippen molar-refractivity contribution in [2.45, 2.75) is 6.10 Å². The quantitative estimate of drug-likeness (QED) is 0.909. The van der Waals surface area contributed by atoms with Crippen LogP contribution in [0.4, 0.5) is 0 Å². The molecule has 0 bridgehead atoms. The second kappa shape index (κ2) is 5.23. The van der Waals surface area contributed by atoms with Gasteiger partial charge in [-0.15, -0.1) is 5.10 Å². The van der Waals surface area contributed by atoms with Crippen LogP contribution in [-0.4, -0.2) is 34.7 Å². The molecule has 1 unspecified atom stereocenters. The van der Waals surface area contributed by atoms with E-state index < -0.39 is 0 Å². The first-order chi connectivity index (χ1) is 9.33. The van der Waals surface area contributed by atoms with E-state index in [4.69, 9.17) is 9.47 Å². The number of carbonyl (C=O) groups excluding carboxylic acids is 1. The standard InChI is InChI=1S/C12H11N3O3S/c16-12(11-6-14-15-19-11)13-5-8-7-17-9-3-1-2-4-10(9)18-8/h1-4,6,8H,5,7H2,(H,13,16). The molecule has 0 spiro atoms. The zero-order valence-electron chi connectivity index (χ0n) is 9.91. The molecule has 1 amide bonds. The molecule has 0 radical (unpaired) electrons. The summed E-state index contributed by atoms with van der Waals surface area (Å²) in [5.74, 6) is 1.24. The fourth-order valence-electron chi connectivity index (χ4n) is 1.72. The van der Waals surface area contributed by atoms with E-state index in [0.29, 0.717) is 23.8 Å². The number of rotatable bonds is 3. The molecule has 7 heteroatoms. The van der Waals surface area contributed by atoms with Crippen LogP contribution in [0, 0.1) is 0 Å².